The van der Waals surface area contributed by atoms with Gasteiger partial charge in [-0.25, -0.2) is 0 Å². The quantitative estimate of drug-likeness (QED) is 0.0361. The van der Waals surface area contributed by atoms with Crippen molar-refractivity contribution in [2.45, 2.75) is 47.3 Å². The van der Waals surface area contributed by atoms with Crippen molar-refractivity contribution in [3.63, 3.8) is 0 Å². The first-order chi connectivity index (χ1) is 28.6. The zero-order valence-electron chi connectivity index (χ0n) is 33.2. The zero-order valence-corrected chi connectivity index (χ0v) is 43.4. The summed E-state index contributed by atoms with van der Waals surface area (Å²) in [6.07, 6.45) is 0. The van der Waals surface area contributed by atoms with E-state index >= 15 is 0 Å². The topological polar surface area (TPSA) is 105 Å². The van der Waals surface area contributed by atoms with Crippen LogP contribution in [0.15, 0.2) is 190 Å². The standard InChI is InChI=1S/4C10H10O2S.C6H4.2Bi/c4*1-7(2)10(11)12-8-3-5-9(13)6-4-8;1-2-4-6-5-3-1;;/h4*3-6,13H,1H2,2H3;1-2,5-6H;;/q;;;;;2*+2/p-4. The van der Waals surface area contributed by atoms with Crippen molar-refractivity contribution in [3.8, 4) is 23.0 Å². The van der Waals surface area contributed by atoms with Crippen LogP contribution in [0, 0.1) is 0 Å². The molecule has 0 fully saturated rings. The molecule has 306 valence electrons. The van der Waals surface area contributed by atoms with Crippen molar-refractivity contribution >= 4 is 102 Å². The molecular weight excluding hydrogens is 1230 g/mol. The van der Waals surface area contributed by atoms with E-state index < -0.39 is 61.5 Å². The SMILES string of the molecule is C=C(C)C(=O)Oc1ccc([S][Bi]([S]c2ccc(OC(=O)C(=C)C)cc2)[c]2cc[c]([Bi]([S]c3ccc(OC(=O)C(=C)C)cc3)[S]c3ccc(OC(=O)C(=C)C)cc3)cc2)cc1. The van der Waals surface area contributed by atoms with Crippen molar-refractivity contribution in [1.29, 1.82) is 0 Å². The van der Waals surface area contributed by atoms with Gasteiger partial charge in [0.15, 0.2) is 0 Å². The molecule has 0 atom stereocenters. The molecule has 0 saturated carbocycles. The molecule has 0 spiro atoms. The molecule has 14 heteroatoms. The molecule has 0 amide bonds. The van der Waals surface area contributed by atoms with Gasteiger partial charge in [0.2, 0.25) is 0 Å². The van der Waals surface area contributed by atoms with Crippen LogP contribution in [0.25, 0.3) is 0 Å². The van der Waals surface area contributed by atoms with E-state index in [0.717, 1.165) is 19.6 Å². The summed E-state index contributed by atoms with van der Waals surface area (Å²) in [7, 11) is 7.43. The molecule has 5 aromatic rings. The first kappa shape index (κ1) is 47.2. The van der Waals surface area contributed by atoms with Crippen molar-refractivity contribution in [1.82, 2.24) is 0 Å². The van der Waals surface area contributed by atoms with Gasteiger partial charge in [-0.15, -0.1) is 0 Å². The average Bonchev–Trinajstić information content (AvgIpc) is 3.23. The first-order valence-corrected chi connectivity index (χ1v) is 41.6. The van der Waals surface area contributed by atoms with Crippen LogP contribution < -0.4 is 25.5 Å². The number of ether oxygens (including phenoxy) is 4. The Kier molecular flexibility index (Phi) is 17.9. The summed E-state index contributed by atoms with van der Waals surface area (Å²) in [6.45, 7) is 21.1. The van der Waals surface area contributed by atoms with Gasteiger partial charge in [-0.05, 0) is 0 Å². The third kappa shape index (κ3) is 14.6. The molecule has 0 aliphatic carbocycles. The van der Waals surface area contributed by atoms with Gasteiger partial charge in [0, 0.05) is 0 Å². The molecule has 0 heterocycles. The third-order valence-corrected chi connectivity index (χ3v) is 48.6. The van der Waals surface area contributed by atoms with Crippen molar-refractivity contribution in [3.05, 3.63) is 170 Å². The summed E-state index contributed by atoms with van der Waals surface area (Å²) in [4.78, 5) is 52.7. The maximum absolute atomic E-state index is 12.1. The van der Waals surface area contributed by atoms with E-state index in [-0.39, 0.29) is 0 Å². The first-order valence-electron chi connectivity index (χ1n) is 18.0. The Morgan fingerprint density at radius 2 is 0.533 bits per heavy atom. The molecule has 0 aliphatic heterocycles. The van der Waals surface area contributed by atoms with E-state index in [1.54, 1.807) is 76.2 Å². The summed E-state index contributed by atoms with van der Waals surface area (Å²) in [5.41, 5.74) is 1.30. The van der Waals surface area contributed by atoms with Gasteiger partial charge < -0.3 is 0 Å². The predicted molar refractivity (Wildman–Crippen MR) is 248 cm³/mol. The molecule has 0 unspecified atom stereocenters. The molecule has 0 aliphatic rings. The second-order valence-corrected chi connectivity index (χ2v) is 49.0. The van der Waals surface area contributed by atoms with Crippen molar-refractivity contribution in [2.75, 3.05) is 0 Å². The van der Waals surface area contributed by atoms with Gasteiger partial charge >= 0.3 is 380 Å². The fourth-order valence-corrected chi connectivity index (χ4v) is 45.4. The maximum atomic E-state index is 12.1. The molecule has 0 saturated heterocycles. The second kappa shape index (κ2) is 22.8. The van der Waals surface area contributed by atoms with E-state index in [1.807, 2.05) is 82.6 Å². The molecule has 0 aromatic heterocycles. The summed E-state index contributed by atoms with van der Waals surface area (Å²) >= 11 is -5.49. The summed E-state index contributed by atoms with van der Waals surface area (Å²) in [5, 5.41) is 0. The number of carbonyl (C=O) groups excluding carboxylic acids is 4. The summed E-state index contributed by atoms with van der Waals surface area (Å²) in [5.74, 6) is -0.0715. The number of benzene rings is 5. The molecule has 0 radical (unpaired) electrons. The van der Waals surface area contributed by atoms with E-state index in [2.05, 4.69) is 50.6 Å². The molecule has 5 aromatic carbocycles. The molecule has 8 nitrogen and oxygen atoms in total. The molecule has 60 heavy (non-hydrogen) atoms. The van der Waals surface area contributed by atoms with E-state index in [0.29, 0.717) is 45.3 Å². The van der Waals surface area contributed by atoms with Gasteiger partial charge in [0.25, 0.3) is 0 Å². The molecule has 5 rings (SSSR count). The zero-order chi connectivity index (χ0) is 43.3. The number of rotatable bonds is 18. The number of carbonyl (C=O) groups is 4. The van der Waals surface area contributed by atoms with E-state index in [9.17, 15) is 19.2 Å². The third-order valence-electron chi connectivity index (χ3n) is 7.56. The Balaban J connectivity index is 1.42. The van der Waals surface area contributed by atoms with Crippen LogP contribution in [-0.4, -0.2) is 61.5 Å². The Labute approximate surface area is 376 Å². The molecular formula is C46H40Bi2O8S4. The Morgan fingerprint density at radius 1 is 0.350 bits per heavy atom. The van der Waals surface area contributed by atoms with Crippen molar-refractivity contribution < 1.29 is 38.1 Å². The number of esters is 4. The van der Waals surface area contributed by atoms with Gasteiger partial charge in [-0.3, -0.25) is 0 Å². The minimum absolute atomic E-state index is 0.326. The average molecular weight is 1270 g/mol. The van der Waals surface area contributed by atoms with Crippen LogP contribution in [0.3, 0.4) is 0 Å². The summed E-state index contributed by atoms with van der Waals surface area (Å²) < 4.78 is 24.3. The van der Waals surface area contributed by atoms with Crippen LogP contribution in [-0.2, 0) is 19.2 Å². The van der Waals surface area contributed by atoms with E-state index in [1.165, 1.54) is 6.54 Å². The molecule has 0 N–H and O–H groups in total. The van der Waals surface area contributed by atoms with Crippen LogP contribution in [0.1, 0.15) is 27.7 Å². The second-order valence-electron chi connectivity index (χ2n) is 13.0. The fourth-order valence-electron chi connectivity index (χ4n) is 4.38. The van der Waals surface area contributed by atoms with Crippen LogP contribution >= 0.6 is 34.1 Å². The van der Waals surface area contributed by atoms with Gasteiger partial charge in [0.1, 0.15) is 0 Å². The van der Waals surface area contributed by atoms with Gasteiger partial charge in [-0.2, -0.15) is 0 Å². The Hall–Kier alpha value is -3.89. The monoisotopic (exact) mass is 1270 g/mol. The van der Waals surface area contributed by atoms with Gasteiger partial charge in [-0.1, -0.05) is 0 Å². The summed E-state index contributed by atoms with van der Waals surface area (Å²) in [6, 6.07) is 39.1. The fraction of sp³-hybridized carbons (Fsp3) is 0.0870. The van der Waals surface area contributed by atoms with Gasteiger partial charge in [0.05, 0.1) is 0 Å². The Bertz CT molecular complexity index is 2080. The van der Waals surface area contributed by atoms with E-state index in [4.69, 9.17) is 18.9 Å². The van der Waals surface area contributed by atoms with Crippen LogP contribution in [0.4, 0.5) is 0 Å². The normalized spacial score (nSPS) is 10.8. The Morgan fingerprint density at radius 3 is 0.700 bits per heavy atom. The molecule has 0 bridgehead atoms. The number of hydrogen-bond donors (Lipinski definition) is 0. The number of hydrogen-bond acceptors (Lipinski definition) is 12. The van der Waals surface area contributed by atoms with Crippen molar-refractivity contribution in [2.24, 2.45) is 0 Å². The van der Waals surface area contributed by atoms with Crippen LogP contribution in [0.5, 0.6) is 23.0 Å². The minimum atomic E-state index is -2.75. The van der Waals surface area contributed by atoms with Crippen LogP contribution in [0.2, 0.25) is 0 Å². The predicted octanol–water partition coefficient (Wildman–Crippen LogP) is 10.2.